The average molecular weight is 347 g/mol. The van der Waals surface area contributed by atoms with Crippen molar-refractivity contribution >= 4 is 17.5 Å². The van der Waals surface area contributed by atoms with Gasteiger partial charge in [0.2, 0.25) is 0 Å². The molecule has 1 aromatic heterocycles. The highest BCUT2D eigenvalue weighted by Gasteiger charge is 2.22. The summed E-state index contributed by atoms with van der Waals surface area (Å²) in [6, 6.07) is 10.0. The van der Waals surface area contributed by atoms with Crippen molar-refractivity contribution in [2.24, 2.45) is 0 Å². The molecular weight excluding hydrogens is 324 g/mol. The zero-order chi connectivity index (χ0) is 17.1. The molecule has 24 heavy (non-hydrogen) atoms. The van der Waals surface area contributed by atoms with Crippen LogP contribution in [0, 0.1) is 13.8 Å². The number of carbonyl (C=O) groups excluding carboxylic acids is 1. The summed E-state index contributed by atoms with van der Waals surface area (Å²) in [6.07, 6.45) is 1.93. The van der Waals surface area contributed by atoms with Gasteiger partial charge in [0.25, 0.3) is 5.91 Å². The second kappa shape index (κ2) is 7.41. The largest absolute Gasteiger partial charge is 0.466 e. The standard InChI is InChI=1S/C19H23ClN2O2/c1-13-11-18(14(2)24-13)19(23)21-17-7-9-22(10-8-17)12-15-3-5-16(20)6-4-15/h3-6,11,17H,7-10,12H2,1-2H3,(H,21,23). The summed E-state index contributed by atoms with van der Waals surface area (Å²) in [7, 11) is 0. The number of furan rings is 1. The average Bonchev–Trinajstić information content (AvgIpc) is 2.90. The van der Waals surface area contributed by atoms with E-state index in [0.717, 1.165) is 43.3 Å². The Morgan fingerprint density at radius 2 is 1.92 bits per heavy atom. The van der Waals surface area contributed by atoms with Crippen LogP contribution in [0.2, 0.25) is 5.02 Å². The van der Waals surface area contributed by atoms with Gasteiger partial charge >= 0.3 is 0 Å². The number of halogens is 1. The maximum atomic E-state index is 12.4. The smallest absolute Gasteiger partial charge is 0.255 e. The molecule has 0 aliphatic carbocycles. The van der Waals surface area contributed by atoms with E-state index in [1.807, 2.05) is 26.0 Å². The van der Waals surface area contributed by atoms with Crippen molar-refractivity contribution in [1.82, 2.24) is 10.2 Å². The molecule has 2 aromatic rings. The maximum absolute atomic E-state index is 12.4. The molecule has 1 aromatic carbocycles. The summed E-state index contributed by atoms with van der Waals surface area (Å²) in [5.41, 5.74) is 1.92. The Balaban J connectivity index is 1.49. The van der Waals surface area contributed by atoms with Crippen LogP contribution in [0.3, 0.4) is 0 Å². The summed E-state index contributed by atoms with van der Waals surface area (Å²) >= 11 is 5.92. The summed E-state index contributed by atoms with van der Waals surface area (Å²) in [5, 5.41) is 3.91. The lowest BCUT2D eigenvalue weighted by Gasteiger charge is -2.32. The molecule has 1 N–H and O–H groups in total. The van der Waals surface area contributed by atoms with Gasteiger partial charge < -0.3 is 9.73 Å². The second-order valence-electron chi connectivity index (χ2n) is 6.48. The van der Waals surface area contributed by atoms with E-state index < -0.39 is 0 Å². The highest BCUT2D eigenvalue weighted by atomic mass is 35.5. The molecule has 0 unspecified atom stereocenters. The monoisotopic (exact) mass is 346 g/mol. The Bertz CT molecular complexity index is 701. The number of nitrogens with one attached hydrogen (secondary N) is 1. The lowest BCUT2D eigenvalue weighted by atomic mass is 10.0. The van der Waals surface area contributed by atoms with Crippen LogP contribution in [0.5, 0.6) is 0 Å². The Kier molecular flexibility index (Phi) is 5.27. The Morgan fingerprint density at radius 1 is 1.25 bits per heavy atom. The summed E-state index contributed by atoms with van der Waals surface area (Å²) in [6.45, 7) is 6.58. The van der Waals surface area contributed by atoms with E-state index in [9.17, 15) is 4.79 Å². The molecule has 3 rings (SSSR count). The minimum absolute atomic E-state index is 0.0273. The first-order chi connectivity index (χ1) is 11.5. The quantitative estimate of drug-likeness (QED) is 0.911. The van der Waals surface area contributed by atoms with Gasteiger partial charge in [-0.1, -0.05) is 23.7 Å². The SMILES string of the molecule is Cc1cc(C(=O)NC2CCN(Cc3ccc(Cl)cc3)CC2)c(C)o1. The van der Waals surface area contributed by atoms with Crippen LogP contribution in [-0.2, 0) is 6.54 Å². The third-order valence-corrected chi connectivity index (χ3v) is 4.78. The van der Waals surface area contributed by atoms with Crippen molar-refractivity contribution < 1.29 is 9.21 Å². The number of rotatable bonds is 4. The van der Waals surface area contributed by atoms with Gasteiger partial charge in [-0.05, 0) is 50.5 Å². The van der Waals surface area contributed by atoms with E-state index in [1.165, 1.54) is 5.56 Å². The van der Waals surface area contributed by atoms with Crippen LogP contribution in [0.25, 0.3) is 0 Å². The number of aryl methyl sites for hydroxylation is 2. The van der Waals surface area contributed by atoms with E-state index in [1.54, 1.807) is 6.07 Å². The number of piperidine rings is 1. The van der Waals surface area contributed by atoms with Crippen molar-refractivity contribution in [1.29, 1.82) is 0 Å². The Hall–Kier alpha value is -1.78. The van der Waals surface area contributed by atoms with Gasteiger partial charge in [0.05, 0.1) is 5.56 Å². The second-order valence-corrected chi connectivity index (χ2v) is 6.91. The molecule has 128 valence electrons. The van der Waals surface area contributed by atoms with Gasteiger partial charge in [-0.2, -0.15) is 0 Å². The fourth-order valence-corrected chi connectivity index (χ4v) is 3.33. The van der Waals surface area contributed by atoms with Crippen molar-refractivity contribution in [2.45, 2.75) is 39.3 Å². The number of hydrogen-bond acceptors (Lipinski definition) is 3. The van der Waals surface area contributed by atoms with Gasteiger partial charge in [-0.15, -0.1) is 0 Å². The molecule has 1 aliphatic rings. The highest BCUT2D eigenvalue weighted by molar-refractivity contribution is 6.30. The number of hydrogen-bond donors (Lipinski definition) is 1. The van der Waals surface area contributed by atoms with Crippen molar-refractivity contribution in [3.05, 3.63) is 58.0 Å². The first kappa shape index (κ1) is 17.1. The number of likely N-dealkylation sites (tertiary alicyclic amines) is 1. The minimum atomic E-state index is -0.0273. The summed E-state index contributed by atoms with van der Waals surface area (Å²) < 4.78 is 5.44. The van der Waals surface area contributed by atoms with Crippen molar-refractivity contribution in [3.8, 4) is 0 Å². The molecule has 4 nitrogen and oxygen atoms in total. The van der Waals surface area contributed by atoms with E-state index in [-0.39, 0.29) is 11.9 Å². The van der Waals surface area contributed by atoms with Gasteiger partial charge in [0.1, 0.15) is 11.5 Å². The molecule has 0 bridgehead atoms. The van der Waals surface area contributed by atoms with Gasteiger partial charge in [0.15, 0.2) is 0 Å². The van der Waals surface area contributed by atoms with E-state index in [0.29, 0.717) is 11.3 Å². The van der Waals surface area contributed by atoms with Crippen molar-refractivity contribution in [2.75, 3.05) is 13.1 Å². The summed E-state index contributed by atoms with van der Waals surface area (Å²) in [4.78, 5) is 14.8. The Labute approximate surface area is 147 Å². The first-order valence-corrected chi connectivity index (χ1v) is 8.74. The number of carbonyl (C=O) groups is 1. The molecular formula is C19H23ClN2O2. The number of amides is 1. The van der Waals surface area contributed by atoms with Crippen LogP contribution in [0.1, 0.15) is 40.3 Å². The van der Waals surface area contributed by atoms with Crippen LogP contribution in [0.4, 0.5) is 0 Å². The molecule has 1 aliphatic heterocycles. The lowest BCUT2D eigenvalue weighted by molar-refractivity contribution is 0.0907. The zero-order valence-electron chi connectivity index (χ0n) is 14.1. The minimum Gasteiger partial charge on any atom is -0.466 e. The maximum Gasteiger partial charge on any atom is 0.255 e. The van der Waals surface area contributed by atoms with E-state index in [4.69, 9.17) is 16.0 Å². The zero-order valence-corrected chi connectivity index (χ0v) is 14.9. The molecule has 0 saturated carbocycles. The molecule has 1 fully saturated rings. The number of nitrogens with zero attached hydrogens (tertiary/aromatic N) is 1. The first-order valence-electron chi connectivity index (χ1n) is 8.36. The third kappa shape index (κ3) is 4.19. The normalized spacial score (nSPS) is 16.3. The van der Waals surface area contributed by atoms with Crippen LogP contribution in [0.15, 0.2) is 34.7 Å². The number of benzene rings is 1. The Morgan fingerprint density at radius 3 is 2.50 bits per heavy atom. The molecule has 0 atom stereocenters. The molecule has 2 heterocycles. The molecule has 0 spiro atoms. The lowest BCUT2D eigenvalue weighted by Crippen LogP contribution is -2.44. The topological polar surface area (TPSA) is 45.5 Å². The molecule has 0 radical (unpaired) electrons. The van der Waals surface area contributed by atoms with Gasteiger partial charge in [0, 0.05) is 30.7 Å². The predicted octanol–water partition coefficient (Wildman–Crippen LogP) is 3.94. The third-order valence-electron chi connectivity index (χ3n) is 4.53. The van der Waals surface area contributed by atoms with Crippen LogP contribution >= 0.6 is 11.6 Å². The fraction of sp³-hybridized carbons (Fsp3) is 0.421. The van der Waals surface area contributed by atoms with Crippen LogP contribution < -0.4 is 5.32 Å². The summed E-state index contributed by atoms with van der Waals surface area (Å²) in [5.74, 6) is 1.43. The van der Waals surface area contributed by atoms with E-state index >= 15 is 0 Å². The van der Waals surface area contributed by atoms with Gasteiger partial charge in [-0.3, -0.25) is 9.69 Å². The van der Waals surface area contributed by atoms with Crippen molar-refractivity contribution in [3.63, 3.8) is 0 Å². The van der Waals surface area contributed by atoms with E-state index in [2.05, 4.69) is 22.3 Å². The molecule has 1 amide bonds. The predicted molar refractivity (Wildman–Crippen MR) is 95.4 cm³/mol. The molecule has 1 saturated heterocycles. The molecule has 5 heteroatoms. The fourth-order valence-electron chi connectivity index (χ4n) is 3.20. The van der Waals surface area contributed by atoms with Crippen LogP contribution in [-0.4, -0.2) is 29.9 Å². The van der Waals surface area contributed by atoms with Gasteiger partial charge in [-0.25, -0.2) is 0 Å². The highest BCUT2D eigenvalue weighted by Crippen LogP contribution is 2.18.